The summed E-state index contributed by atoms with van der Waals surface area (Å²) in [5, 5.41) is 20.5. The molecule has 1 aromatic heterocycles. The van der Waals surface area contributed by atoms with Gasteiger partial charge in [-0.3, -0.25) is 4.79 Å². The first-order chi connectivity index (χ1) is 17.0. The minimum Gasteiger partial charge on any atom is -0.492 e. The summed E-state index contributed by atoms with van der Waals surface area (Å²) in [6.45, 7) is 0. The summed E-state index contributed by atoms with van der Waals surface area (Å²) in [6, 6.07) is 22.2. The predicted octanol–water partition coefficient (Wildman–Crippen LogP) is 4.87. The van der Waals surface area contributed by atoms with Crippen molar-refractivity contribution in [3.05, 3.63) is 109 Å². The number of nitrogens with zero attached hydrogens (tertiary/aromatic N) is 4. The van der Waals surface area contributed by atoms with Gasteiger partial charge in [0.1, 0.15) is 4.88 Å². The van der Waals surface area contributed by atoms with Gasteiger partial charge < -0.3 is 5.11 Å². The second-order valence-corrected chi connectivity index (χ2v) is 9.98. The first kappa shape index (κ1) is 22.0. The quantitative estimate of drug-likeness (QED) is 0.418. The van der Waals surface area contributed by atoms with Gasteiger partial charge in [-0.2, -0.15) is 10.1 Å². The van der Waals surface area contributed by atoms with E-state index in [1.54, 1.807) is 11.1 Å². The molecule has 1 N–H and O–H groups in total. The van der Waals surface area contributed by atoms with Crippen molar-refractivity contribution in [3.8, 4) is 5.88 Å². The minimum absolute atomic E-state index is 0.169. The molecule has 2 aliphatic rings. The molecular formula is C26H16Cl2N4O2S. The molecule has 2 aliphatic heterocycles. The van der Waals surface area contributed by atoms with Gasteiger partial charge in [-0.05, 0) is 41.5 Å². The number of thiazole rings is 1. The Morgan fingerprint density at radius 2 is 1.63 bits per heavy atom. The van der Waals surface area contributed by atoms with Crippen molar-refractivity contribution in [3.63, 3.8) is 0 Å². The van der Waals surface area contributed by atoms with E-state index in [-0.39, 0.29) is 11.9 Å². The predicted molar refractivity (Wildman–Crippen MR) is 138 cm³/mol. The summed E-state index contributed by atoms with van der Waals surface area (Å²) in [5.74, 6) is -0.608. The molecule has 3 aromatic carbocycles. The summed E-state index contributed by atoms with van der Waals surface area (Å²) in [7, 11) is 0. The number of aromatic nitrogens is 1. The van der Waals surface area contributed by atoms with Crippen LogP contribution in [0.2, 0.25) is 10.0 Å². The van der Waals surface area contributed by atoms with Gasteiger partial charge in [0.25, 0.3) is 5.91 Å². The summed E-state index contributed by atoms with van der Waals surface area (Å²) in [4.78, 5) is 21.6. The number of hydrogen-bond donors (Lipinski definition) is 1. The third-order valence-corrected chi connectivity index (χ3v) is 7.53. The number of halogens is 2. The Morgan fingerprint density at radius 1 is 0.943 bits per heavy atom. The maximum Gasteiger partial charge on any atom is 0.279 e. The standard InChI is InChI=1S/C26H16Cl2N4O2S/c27-16-9-5-14(6-10-16)20-13-21(15-7-11-17(28)12-8-15)32(31-20)26-30-25(34)23(35-26)22-18-3-1-2-4-19(18)29-24(22)33/h1-12,21,34H,13H2. The normalized spacial score (nSPS) is 16.9. The number of para-hydroxylation sites is 1. The molecule has 0 fully saturated rings. The average molecular weight is 519 g/mol. The zero-order chi connectivity index (χ0) is 24.1. The summed E-state index contributed by atoms with van der Waals surface area (Å²) in [6.07, 6.45) is 0.618. The van der Waals surface area contributed by atoms with Crippen LogP contribution in [0.25, 0.3) is 5.57 Å². The summed E-state index contributed by atoms with van der Waals surface area (Å²) >= 11 is 13.4. The van der Waals surface area contributed by atoms with E-state index in [9.17, 15) is 9.90 Å². The maximum absolute atomic E-state index is 12.7. The van der Waals surface area contributed by atoms with E-state index in [1.807, 2.05) is 66.7 Å². The molecular weight excluding hydrogens is 503 g/mol. The van der Waals surface area contributed by atoms with Crippen molar-refractivity contribution < 1.29 is 9.90 Å². The molecule has 35 heavy (non-hydrogen) atoms. The molecule has 1 atom stereocenters. The Hall–Kier alpha value is -3.52. The number of hydrogen-bond acceptors (Lipinski definition) is 6. The first-order valence-electron chi connectivity index (χ1n) is 10.8. The maximum atomic E-state index is 12.7. The smallest absolute Gasteiger partial charge is 0.279 e. The topological polar surface area (TPSA) is 78.2 Å². The molecule has 0 aliphatic carbocycles. The molecule has 1 amide bonds. The zero-order valence-electron chi connectivity index (χ0n) is 18.0. The molecule has 0 bridgehead atoms. The molecule has 172 valence electrons. The van der Waals surface area contributed by atoms with Crippen LogP contribution in [0.4, 0.5) is 5.13 Å². The van der Waals surface area contributed by atoms with Gasteiger partial charge in [0.2, 0.25) is 11.0 Å². The second kappa shape index (κ2) is 8.61. The number of hydrazone groups is 1. The average Bonchev–Trinajstić information content (AvgIpc) is 3.54. The minimum atomic E-state index is -0.391. The van der Waals surface area contributed by atoms with Crippen molar-refractivity contribution in [2.24, 2.45) is 10.1 Å². The molecule has 3 heterocycles. The molecule has 1 unspecified atom stereocenters. The SMILES string of the molecule is O=C1N=c2ccccc2=C1c1sc(N2N=C(c3ccc(Cl)cc3)CC2c2ccc(Cl)cc2)nc1O. The Morgan fingerprint density at radius 3 is 2.37 bits per heavy atom. The van der Waals surface area contributed by atoms with Gasteiger partial charge in [-0.1, -0.05) is 77.0 Å². The van der Waals surface area contributed by atoms with Crippen LogP contribution in [0.5, 0.6) is 5.88 Å². The number of carbonyl (C=O) groups excluding carboxylic acids is 1. The van der Waals surface area contributed by atoms with Gasteiger partial charge in [-0.15, -0.1) is 0 Å². The lowest BCUT2D eigenvalue weighted by Gasteiger charge is -2.21. The lowest BCUT2D eigenvalue weighted by molar-refractivity contribution is -0.112. The largest absolute Gasteiger partial charge is 0.492 e. The van der Waals surface area contributed by atoms with Crippen LogP contribution in [-0.4, -0.2) is 21.7 Å². The molecule has 6 nitrogen and oxygen atoms in total. The molecule has 9 heteroatoms. The Kier molecular flexibility index (Phi) is 5.40. The van der Waals surface area contributed by atoms with E-state index in [4.69, 9.17) is 28.3 Å². The fourth-order valence-electron chi connectivity index (χ4n) is 4.29. The lowest BCUT2D eigenvalue weighted by atomic mass is 9.99. The fraction of sp³-hybridized carbons (Fsp3) is 0.0769. The fourth-order valence-corrected chi connectivity index (χ4v) is 5.56. The number of benzene rings is 3. The van der Waals surface area contributed by atoms with Crippen molar-refractivity contribution in [1.82, 2.24) is 4.98 Å². The number of carbonyl (C=O) groups is 1. The molecule has 0 saturated carbocycles. The van der Waals surface area contributed by atoms with Crippen LogP contribution >= 0.6 is 34.5 Å². The van der Waals surface area contributed by atoms with Gasteiger partial charge in [-0.25, -0.2) is 10.0 Å². The van der Waals surface area contributed by atoms with Gasteiger partial charge in [0.15, 0.2) is 0 Å². The highest BCUT2D eigenvalue weighted by molar-refractivity contribution is 7.17. The van der Waals surface area contributed by atoms with E-state index >= 15 is 0 Å². The number of aromatic hydroxyl groups is 1. The Balaban J connectivity index is 1.46. The van der Waals surface area contributed by atoms with E-state index in [2.05, 4.69) is 9.98 Å². The monoisotopic (exact) mass is 518 g/mol. The highest BCUT2D eigenvalue weighted by Crippen LogP contribution is 2.43. The van der Waals surface area contributed by atoms with Gasteiger partial charge in [0.05, 0.1) is 22.7 Å². The van der Waals surface area contributed by atoms with Crippen LogP contribution in [0.3, 0.4) is 0 Å². The highest BCUT2D eigenvalue weighted by Gasteiger charge is 2.34. The highest BCUT2D eigenvalue weighted by atomic mass is 35.5. The Labute approximate surface area is 214 Å². The first-order valence-corrected chi connectivity index (χ1v) is 12.4. The molecule has 0 spiro atoms. The summed E-state index contributed by atoms with van der Waals surface area (Å²) in [5.41, 5.74) is 3.17. The lowest BCUT2D eigenvalue weighted by Crippen LogP contribution is -2.22. The van der Waals surface area contributed by atoms with Crippen LogP contribution < -0.4 is 15.6 Å². The van der Waals surface area contributed by atoms with Crippen LogP contribution in [0, 0.1) is 0 Å². The van der Waals surface area contributed by atoms with E-state index in [1.165, 1.54) is 11.3 Å². The number of rotatable bonds is 4. The molecule has 4 aromatic rings. The van der Waals surface area contributed by atoms with Crippen molar-refractivity contribution in [2.75, 3.05) is 5.01 Å². The van der Waals surface area contributed by atoms with Gasteiger partial charge in [0, 0.05) is 21.7 Å². The van der Waals surface area contributed by atoms with Gasteiger partial charge >= 0.3 is 0 Å². The van der Waals surface area contributed by atoms with Crippen molar-refractivity contribution >= 4 is 56.9 Å². The third kappa shape index (κ3) is 3.91. The van der Waals surface area contributed by atoms with E-state index in [0.29, 0.717) is 42.6 Å². The van der Waals surface area contributed by atoms with Crippen molar-refractivity contribution in [1.29, 1.82) is 0 Å². The number of amides is 1. The van der Waals surface area contributed by atoms with Crippen LogP contribution in [0.1, 0.15) is 28.5 Å². The van der Waals surface area contributed by atoms with E-state index < -0.39 is 5.91 Å². The summed E-state index contributed by atoms with van der Waals surface area (Å²) < 4.78 is 0. The van der Waals surface area contributed by atoms with E-state index in [0.717, 1.165) is 16.8 Å². The van der Waals surface area contributed by atoms with Crippen LogP contribution in [-0.2, 0) is 4.79 Å². The third-order valence-electron chi connectivity index (χ3n) is 5.97. The second-order valence-electron chi connectivity index (χ2n) is 8.13. The van der Waals surface area contributed by atoms with Crippen molar-refractivity contribution in [2.45, 2.75) is 12.5 Å². The number of fused-ring (bicyclic) bond motifs is 1. The number of anilines is 1. The Bertz CT molecular complexity index is 1630. The molecule has 0 saturated heterocycles. The van der Waals surface area contributed by atoms with Crippen LogP contribution in [0.15, 0.2) is 82.9 Å². The molecule has 6 rings (SSSR count). The zero-order valence-corrected chi connectivity index (χ0v) is 20.3. The molecule has 0 radical (unpaired) electrons.